The summed E-state index contributed by atoms with van der Waals surface area (Å²) in [5, 5.41) is 6.19. The molecule has 2 N–H and O–H groups in total. The van der Waals surface area contributed by atoms with Gasteiger partial charge in [0.2, 0.25) is 0 Å². The molecule has 5 nitrogen and oxygen atoms in total. The Morgan fingerprint density at radius 2 is 1.73 bits per heavy atom. The molecule has 0 fully saturated rings. The fourth-order valence-electron chi connectivity index (χ4n) is 2.54. The zero-order valence-electron chi connectivity index (χ0n) is 15.0. The Morgan fingerprint density at radius 1 is 0.962 bits per heavy atom. The van der Waals surface area contributed by atoms with Gasteiger partial charge < -0.3 is 15.4 Å². The van der Waals surface area contributed by atoms with Gasteiger partial charge in [-0.05, 0) is 61.4 Å². The maximum absolute atomic E-state index is 12.5. The van der Waals surface area contributed by atoms with E-state index >= 15 is 0 Å². The molecule has 0 spiro atoms. The number of ether oxygens (including phenoxy) is 1. The summed E-state index contributed by atoms with van der Waals surface area (Å²) in [6, 6.07) is 15.2. The van der Waals surface area contributed by atoms with Gasteiger partial charge in [0.05, 0.1) is 24.6 Å². The van der Waals surface area contributed by atoms with Crippen LogP contribution >= 0.6 is 0 Å². The smallest absolute Gasteiger partial charge is 0.257 e. The Labute approximate surface area is 153 Å². The predicted molar refractivity (Wildman–Crippen MR) is 104 cm³/mol. The van der Waals surface area contributed by atoms with Gasteiger partial charge in [-0.25, -0.2) is 0 Å². The van der Waals surface area contributed by atoms with E-state index in [0.717, 1.165) is 22.7 Å². The van der Waals surface area contributed by atoms with E-state index < -0.39 is 0 Å². The maximum atomic E-state index is 12.5. The highest BCUT2D eigenvalue weighted by molar-refractivity contribution is 6.04. The second-order valence-corrected chi connectivity index (χ2v) is 6.09. The molecule has 26 heavy (non-hydrogen) atoms. The minimum Gasteiger partial charge on any atom is -0.497 e. The van der Waals surface area contributed by atoms with Crippen molar-refractivity contribution in [2.75, 3.05) is 17.7 Å². The van der Waals surface area contributed by atoms with E-state index in [2.05, 4.69) is 33.8 Å². The number of hydrogen-bond donors (Lipinski definition) is 2. The highest BCUT2D eigenvalue weighted by Gasteiger charge is 2.09. The second-order valence-electron chi connectivity index (χ2n) is 6.09. The van der Waals surface area contributed by atoms with E-state index in [-0.39, 0.29) is 5.91 Å². The summed E-state index contributed by atoms with van der Waals surface area (Å²) in [6.45, 7) is 4.08. The summed E-state index contributed by atoms with van der Waals surface area (Å²) in [4.78, 5) is 16.7. The number of carbonyl (C=O) groups is 1. The molecule has 0 aliphatic rings. The van der Waals surface area contributed by atoms with Crippen LogP contribution in [0.1, 0.15) is 21.5 Å². The third kappa shape index (κ3) is 4.19. The molecule has 3 rings (SSSR count). The quantitative estimate of drug-likeness (QED) is 0.702. The normalized spacial score (nSPS) is 10.3. The minimum atomic E-state index is -0.215. The molecule has 3 aromatic rings. The molecule has 0 saturated heterocycles. The van der Waals surface area contributed by atoms with Gasteiger partial charge in [-0.1, -0.05) is 12.1 Å². The van der Waals surface area contributed by atoms with Gasteiger partial charge in [0, 0.05) is 17.6 Å². The first-order valence-electron chi connectivity index (χ1n) is 8.30. The number of benzene rings is 2. The molecule has 1 heterocycles. The Kier molecular flexibility index (Phi) is 5.17. The maximum Gasteiger partial charge on any atom is 0.257 e. The van der Waals surface area contributed by atoms with E-state index in [1.165, 1.54) is 5.56 Å². The summed E-state index contributed by atoms with van der Waals surface area (Å²) in [5.41, 5.74) is 5.24. The molecule has 0 saturated carbocycles. The van der Waals surface area contributed by atoms with E-state index in [0.29, 0.717) is 11.3 Å². The number of aromatic nitrogens is 1. The summed E-state index contributed by atoms with van der Waals surface area (Å²) >= 11 is 0. The molecule has 1 aromatic heterocycles. The number of nitrogens with one attached hydrogen (secondary N) is 2. The molecule has 5 heteroatoms. The van der Waals surface area contributed by atoms with Gasteiger partial charge >= 0.3 is 0 Å². The first-order valence-corrected chi connectivity index (χ1v) is 8.30. The first kappa shape index (κ1) is 17.5. The molecular formula is C21H21N3O2. The number of rotatable bonds is 5. The first-order chi connectivity index (χ1) is 12.5. The van der Waals surface area contributed by atoms with E-state index in [1.54, 1.807) is 49.8 Å². The van der Waals surface area contributed by atoms with Crippen molar-refractivity contribution in [2.24, 2.45) is 0 Å². The number of nitrogens with zero attached hydrogens (tertiary/aromatic N) is 1. The summed E-state index contributed by atoms with van der Waals surface area (Å²) in [7, 11) is 1.60. The molecule has 0 aliphatic heterocycles. The van der Waals surface area contributed by atoms with Crippen LogP contribution in [-0.2, 0) is 0 Å². The molecule has 132 valence electrons. The fraction of sp³-hybridized carbons (Fsp3) is 0.143. The Morgan fingerprint density at radius 3 is 2.46 bits per heavy atom. The van der Waals surface area contributed by atoms with Crippen molar-refractivity contribution < 1.29 is 9.53 Å². The molecule has 0 bridgehead atoms. The predicted octanol–water partition coefficient (Wildman–Crippen LogP) is 4.70. The van der Waals surface area contributed by atoms with Gasteiger partial charge in [-0.3, -0.25) is 9.78 Å². The van der Waals surface area contributed by atoms with Crippen molar-refractivity contribution >= 4 is 23.0 Å². The number of aryl methyl sites for hydroxylation is 2. The molecule has 2 aromatic carbocycles. The third-order valence-electron chi connectivity index (χ3n) is 4.02. The van der Waals surface area contributed by atoms with Crippen molar-refractivity contribution in [1.29, 1.82) is 0 Å². The average Bonchev–Trinajstić information content (AvgIpc) is 2.65. The molecule has 0 unspecified atom stereocenters. The minimum absolute atomic E-state index is 0.215. The van der Waals surface area contributed by atoms with Crippen LogP contribution in [0.25, 0.3) is 0 Å². The molecular weight excluding hydrogens is 326 g/mol. The van der Waals surface area contributed by atoms with Crippen LogP contribution in [-0.4, -0.2) is 18.0 Å². The van der Waals surface area contributed by atoms with E-state index in [4.69, 9.17) is 4.74 Å². The Bertz CT molecular complexity index is 921. The van der Waals surface area contributed by atoms with E-state index in [1.807, 2.05) is 13.8 Å². The largest absolute Gasteiger partial charge is 0.497 e. The summed E-state index contributed by atoms with van der Waals surface area (Å²) in [5.74, 6) is 0.525. The van der Waals surface area contributed by atoms with Gasteiger partial charge in [0.25, 0.3) is 5.91 Å². The Balaban J connectivity index is 1.75. The lowest BCUT2D eigenvalue weighted by atomic mass is 10.1. The Hall–Kier alpha value is -3.34. The zero-order chi connectivity index (χ0) is 18.5. The lowest BCUT2D eigenvalue weighted by Gasteiger charge is -2.11. The summed E-state index contributed by atoms with van der Waals surface area (Å²) < 4.78 is 5.12. The number of methoxy groups -OCH3 is 1. The van der Waals surface area contributed by atoms with Crippen molar-refractivity contribution in [1.82, 2.24) is 4.98 Å². The fourth-order valence-corrected chi connectivity index (χ4v) is 2.54. The van der Waals surface area contributed by atoms with E-state index in [9.17, 15) is 4.79 Å². The zero-order valence-corrected chi connectivity index (χ0v) is 15.0. The number of carbonyl (C=O) groups excluding carboxylic acids is 1. The molecule has 0 atom stereocenters. The van der Waals surface area contributed by atoms with Crippen molar-refractivity contribution in [2.45, 2.75) is 13.8 Å². The van der Waals surface area contributed by atoms with Crippen LogP contribution in [0.15, 0.2) is 60.9 Å². The highest BCUT2D eigenvalue weighted by Crippen LogP contribution is 2.22. The second kappa shape index (κ2) is 7.70. The van der Waals surface area contributed by atoms with Crippen molar-refractivity contribution in [3.05, 3.63) is 77.6 Å². The van der Waals surface area contributed by atoms with Gasteiger partial charge in [-0.15, -0.1) is 0 Å². The summed E-state index contributed by atoms with van der Waals surface area (Å²) in [6.07, 6.45) is 3.25. The number of amides is 1. The molecule has 0 radical (unpaired) electrons. The third-order valence-corrected chi connectivity index (χ3v) is 4.02. The average molecular weight is 347 g/mol. The van der Waals surface area contributed by atoms with Crippen molar-refractivity contribution in [3.8, 4) is 5.75 Å². The number of hydrogen-bond acceptors (Lipinski definition) is 4. The standard InChI is InChI=1S/C21H21N3O2/c1-14-4-5-15(2)20(10-14)23-18-11-16(12-22-13-18)21(25)24-17-6-8-19(26-3)9-7-17/h4-13,23H,1-3H3,(H,24,25). The van der Waals surface area contributed by atoms with Crippen molar-refractivity contribution in [3.63, 3.8) is 0 Å². The molecule has 1 amide bonds. The van der Waals surface area contributed by atoms with Gasteiger partial charge in [-0.2, -0.15) is 0 Å². The topological polar surface area (TPSA) is 63.2 Å². The highest BCUT2D eigenvalue weighted by atomic mass is 16.5. The number of anilines is 3. The van der Waals surface area contributed by atoms with Crippen LogP contribution in [0.3, 0.4) is 0 Å². The van der Waals surface area contributed by atoms with Crippen LogP contribution < -0.4 is 15.4 Å². The lowest BCUT2D eigenvalue weighted by Crippen LogP contribution is -2.12. The van der Waals surface area contributed by atoms with Gasteiger partial charge in [0.15, 0.2) is 0 Å². The van der Waals surface area contributed by atoms with Crippen LogP contribution in [0.4, 0.5) is 17.1 Å². The lowest BCUT2D eigenvalue weighted by molar-refractivity contribution is 0.102. The van der Waals surface area contributed by atoms with Gasteiger partial charge in [0.1, 0.15) is 5.75 Å². The monoisotopic (exact) mass is 347 g/mol. The number of pyridine rings is 1. The van der Waals surface area contributed by atoms with Crippen LogP contribution in [0, 0.1) is 13.8 Å². The molecule has 0 aliphatic carbocycles. The SMILES string of the molecule is COc1ccc(NC(=O)c2cncc(Nc3cc(C)ccc3C)c2)cc1. The van der Waals surface area contributed by atoms with Crippen LogP contribution in [0.2, 0.25) is 0 Å². The van der Waals surface area contributed by atoms with Crippen LogP contribution in [0.5, 0.6) is 5.75 Å².